The Balaban J connectivity index is 2.12. The second-order valence-electron chi connectivity index (χ2n) is 4.62. The third-order valence-corrected chi connectivity index (χ3v) is 4.34. The Hall–Kier alpha value is -0.870. The highest BCUT2D eigenvalue weighted by molar-refractivity contribution is 7.10. The first kappa shape index (κ1) is 11.6. The summed E-state index contributed by atoms with van der Waals surface area (Å²) in [7, 11) is 0. The molecule has 1 unspecified atom stereocenters. The van der Waals surface area contributed by atoms with E-state index in [4.69, 9.17) is 5.73 Å². The molecule has 1 aliphatic heterocycles. The maximum Gasteiger partial charge on any atom is 0.242 e. The van der Waals surface area contributed by atoms with E-state index in [-0.39, 0.29) is 5.91 Å². The lowest BCUT2D eigenvalue weighted by atomic mass is 9.97. The Kier molecular flexibility index (Phi) is 3.04. The van der Waals surface area contributed by atoms with Crippen LogP contribution in [0.15, 0.2) is 11.4 Å². The van der Waals surface area contributed by atoms with Gasteiger partial charge in [-0.1, -0.05) is 6.92 Å². The Morgan fingerprint density at radius 3 is 3.12 bits per heavy atom. The quantitative estimate of drug-likeness (QED) is 0.853. The van der Waals surface area contributed by atoms with Crippen LogP contribution in [0.2, 0.25) is 0 Å². The van der Waals surface area contributed by atoms with Gasteiger partial charge in [-0.15, -0.1) is 11.3 Å². The lowest BCUT2D eigenvalue weighted by molar-refractivity contribution is -0.137. The number of thiophene rings is 1. The molecule has 88 valence electrons. The van der Waals surface area contributed by atoms with Crippen molar-refractivity contribution in [1.82, 2.24) is 4.90 Å². The van der Waals surface area contributed by atoms with E-state index >= 15 is 0 Å². The van der Waals surface area contributed by atoms with Gasteiger partial charge in [0, 0.05) is 18.0 Å². The second kappa shape index (κ2) is 4.18. The van der Waals surface area contributed by atoms with Crippen LogP contribution in [0.25, 0.3) is 0 Å². The number of fused-ring (bicyclic) bond motifs is 1. The molecule has 2 heterocycles. The van der Waals surface area contributed by atoms with Crippen LogP contribution in [0.3, 0.4) is 0 Å². The zero-order chi connectivity index (χ0) is 11.8. The maximum atomic E-state index is 12.2. The smallest absolute Gasteiger partial charge is 0.242 e. The number of rotatable bonds is 2. The van der Waals surface area contributed by atoms with Crippen LogP contribution in [-0.2, 0) is 17.8 Å². The number of hydrogen-bond acceptors (Lipinski definition) is 3. The van der Waals surface area contributed by atoms with E-state index in [9.17, 15) is 4.79 Å². The van der Waals surface area contributed by atoms with E-state index in [0.717, 1.165) is 19.5 Å². The van der Waals surface area contributed by atoms with Gasteiger partial charge in [0.05, 0.1) is 5.54 Å². The molecule has 0 aliphatic carbocycles. The van der Waals surface area contributed by atoms with Gasteiger partial charge in [0.2, 0.25) is 5.91 Å². The van der Waals surface area contributed by atoms with Crippen molar-refractivity contribution in [2.75, 3.05) is 6.54 Å². The lowest BCUT2D eigenvalue weighted by Crippen LogP contribution is -2.53. The number of hydrogen-bond donors (Lipinski definition) is 1. The van der Waals surface area contributed by atoms with Crippen molar-refractivity contribution >= 4 is 17.2 Å². The minimum absolute atomic E-state index is 0.0758. The molecular formula is C12H18N2OS. The fourth-order valence-corrected chi connectivity index (χ4v) is 2.82. The van der Waals surface area contributed by atoms with Crippen LogP contribution >= 0.6 is 11.3 Å². The van der Waals surface area contributed by atoms with E-state index in [1.54, 1.807) is 11.3 Å². The van der Waals surface area contributed by atoms with E-state index < -0.39 is 5.54 Å². The summed E-state index contributed by atoms with van der Waals surface area (Å²) in [4.78, 5) is 15.5. The van der Waals surface area contributed by atoms with E-state index in [2.05, 4.69) is 11.4 Å². The summed E-state index contributed by atoms with van der Waals surface area (Å²) < 4.78 is 0. The molecule has 3 nitrogen and oxygen atoms in total. The van der Waals surface area contributed by atoms with Gasteiger partial charge < -0.3 is 10.6 Å². The van der Waals surface area contributed by atoms with Crippen molar-refractivity contribution < 1.29 is 4.79 Å². The topological polar surface area (TPSA) is 46.3 Å². The van der Waals surface area contributed by atoms with E-state index in [1.165, 1.54) is 10.4 Å². The third-order valence-electron chi connectivity index (χ3n) is 3.32. The number of nitrogens with two attached hydrogens (primary N) is 1. The highest BCUT2D eigenvalue weighted by Gasteiger charge is 2.32. The van der Waals surface area contributed by atoms with Crippen LogP contribution in [-0.4, -0.2) is 22.9 Å². The molecule has 0 saturated carbocycles. The molecule has 0 fully saturated rings. The van der Waals surface area contributed by atoms with Crippen molar-refractivity contribution in [3.63, 3.8) is 0 Å². The second-order valence-corrected chi connectivity index (χ2v) is 5.62. The van der Waals surface area contributed by atoms with Gasteiger partial charge in [-0.2, -0.15) is 0 Å². The molecule has 2 rings (SSSR count). The molecule has 2 N–H and O–H groups in total. The van der Waals surface area contributed by atoms with Crippen LogP contribution in [0.1, 0.15) is 30.7 Å². The van der Waals surface area contributed by atoms with Gasteiger partial charge in [0.25, 0.3) is 0 Å². The SMILES string of the molecule is CCC(C)(N)C(=O)N1CCc2sccc2C1. The van der Waals surface area contributed by atoms with E-state index in [1.807, 2.05) is 18.7 Å². The lowest BCUT2D eigenvalue weighted by Gasteiger charge is -2.33. The summed E-state index contributed by atoms with van der Waals surface area (Å²) >= 11 is 1.78. The molecular weight excluding hydrogens is 220 g/mol. The zero-order valence-corrected chi connectivity index (χ0v) is 10.6. The monoisotopic (exact) mass is 238 g/mol. The molecule has 0 aromatic carbocycles. The van der Waals surface area contributed by atoms with Crippen molar-refractivity contribution in [3.8, 4) is 0 Å². The van der Waals surface area contributed by atoms with Crippen molar-refractivity contribution in [2.24, 2.45) is 5.73 Å². The van der Waals surface area contributed by atoms with Crippen molar-refractivity contribution in [3.05, 3.63) is 21.9 Å². The summed E-state index contributed by atoms with van der Waals surface area (Å²) in [6.07, 6.45) is 1.65. The molecule has 1 atom stereocenters. The van der Waals surface area contributed by atoms with Crippen molar-refractivity contribution in [1.29, 1.82) is 0 Å². The molecule has 0 bridgehead atoms. The fourth-order valence-electron chi connectivity index (χ4n) is 1.93. The molecule has 0 radical (unpaired) electrons. The summed E-state index contributed by atoms with van der Waals surface area (Å²) in [5.41, 5.74) is 6.57. The highest BCUT2D eigenvalue weighted by atomic mass is 32.1. The highest BCUT2D eigenvalue weighted by Crippen LogP contribution is 2.25. The number of carbonyl (C=O) groups is 1. The Morgan fingerprint density at radius 1 is 1.69 bits per heavy atom. The normalized spacial score (nSPS) is 19.1. The Morgan fingerprint density at radius 2 is 2.44 bits per heavy atom. The average Bonchev–Trinajstić information content (AvgIpc) is 2.74. The first-order chi connectivity index (χ1) is 7.54. The van der Waals surface area contributed by atoms with Crippen LogP contribution in [0.5, 0.6) is 0 Å². The molecule has 1 amide bonds. The Labute approximate surface area is 100 Å². The van der Waals surface area contributed by atoms with Gasteiger partial charge in [-0.05, 0) is 36.8 Å². The minimum Gasteiger partial charge on any atom is -0.336 e. The van der Waals surface area contributed by atoms with Gasteiger partial charge in [-0.25, -0.2) is 0 Å². The fraction of sp³-hybridized carbons (Fsp3) is 0.583. The number of nitrogens with zero attached hydrogens (tertiary/aromatic N) is 1. The van der Waals surface area contributed by atoms with Crippen LogP contribution in [0, 0.1) is 0 Å². The van der Waals surface area contributed by atoms with Gasteiger partial charge in [-0.3, -0.25) is 4.79 Å². The molecule has 0 spiro atoms. The largest absolute Gasteiger partial charge is 0.336 e. The zero-order valence-electron chi connectivity index (χ0n) is 9.82. The third kappa shape index (κ3) is 1.99. The summed E-state index contributed by atoms with van der Waals surface area (Å²) in [5, 5.41) is 2.10. The molecule has 1 aliphatic rings. The molecule has 4 heteroatoms. The predicted molar refractivity (Wildman–Crippen MR) is 66.3 cm³/mol. The summed E-state index contributed by atoms with van der Waals surface area (Å²) in [5.74, 6) is 0.0758. The summed E-state index contributed by atoms with van der Waals surface area (Å²) in [6, 6.07) is 2.11. The van der Waals surface area contributed by atoms with Gasteiger partial charge in [0.1, 0.15) is 0 Å². The van der Waals surface area contributed by atoms with Gasteiger partial charge >= 0.3 is 0 Å². The average molecular weight is 238 g/mol. The first-order valence-corrected chi connectivity index (χ1v) is 6.56. The minimum atomic E-state index is -0.715. The molecule has 16 heavy (non-hydrogen) atoms. The number of amides is 1. The maximum absolute atomic E-state index is 12.2. The van der Waals surface area contributed by atoms with Gasteiger partial charge in [0.15, 0.2) is 0 Å². The van der Waals surface area contributed by atoms with Crippen LogP contribution < -0.4 is 5.73 Å². The van der Waals surface area contributed by atoms with E-state index in [0.29, 0.717) is 6.42 Å². The Bertz CT molecular complexity index is 397. The van der Waals surface area contributed by atoms with Crippen LogP contribution in [0.4, 0.5) is 0 Å². The molecule has 1 aromatic heterocycles. The first-order valence-electron chi connectivity index (χ1n) is 5.68. The predicted octanol–water partition coefficient (Wildman–Crippen LogP) is 1.76. The number of carbonyl (C=O) groups excluding carboxylic acids is 1. The van der Waals surface area contributed by atoms with Crippen molar-refractivity contribution in [2.45, 2.75) is 38.8 Å². The molecule has 1 aromatic rings. The summed E-state index contributed by atoms with van der Waals surface area (Å²) in [6.45, 7) is 5.31. The molecule has 0 saturated heterocycles. The standard InChI is InChI=1S/C12H18N2OS/c1-3-12(2,13)11(15)14-6-4-10-9(8-14)5-7-16-10/h5,7H,3-4,6,8,13H2,1-2H3.